The topological polar surface area (TPSA) is 52.0 Å². The standard InChI is InChI=1S/C21H28N2O3/c1-5-22-21(24)16(2)23(3)14-18-11-12-19(20(13-18)25-4)26-15-17-9-7-6-8-10-17/h6-13,16H,5,14-15H2,1-4H3,(H,22,24)/p+1/t16-/m0/s1. The Balaban J connectivity index is 2.02. The Morgan fingerprint density at radius 3 is 2.50 bits per heavy atom. The molecule has 2 aromatic carbocycles. The van der Waals surface area contributed by atoms with Crippen molar-refractivity contribution >= 4 is 5.91 Å². The van der Waals surface area contributed by atoms with Gasteiger partial charge >= 0.3 is 0 Å². The molecule has 2 atom stereocenters. The maximum atomic E-state index is 12.0. The van der Waals surface area contributed by atoms with Gasteiger partial charge in [0.1, 0.15) is 13.2 Å². The molecule has 2 N–H and O–H groups in total. The molecule has 0 heterocycles. The number of quaternary nitrogens is 1. The van der Waals surface area contributed by atoms with Crippen LogP contribution in [0.4, 0.5) is 0 Å². The molecule has 0 saturated heterocycles. The molecule has 26 heavy (non-hydrogen) atoms. The van der Waals surface area contributed by atoms with E-state index in [1.165, 1.54) is 0 Å². The summed E-state index contributed by atoms with van der Waals surface area (Å²) in [5.41, 5.74) is 2.21. The number of rotatable bonds is 9. The number of likely N-dealkylation sites (N-methyl/N-ethyl adjacent to an activating group) is 2. The fraction of sp³-hybridized carbons (Fsp3) is 0.381. The van der Waals surface area contributed by atoms with E-state index < -0.39 is 0 Å². The lowest BCUT2D eigenvalue weighted by Gasteiger charge is -2.21. The first kappa shape index (κ1) is 19.8. The van der Waals surface area contributed by atoms with Crippen LogP contribution in [-0.4, -0.2) is 32.7 Å². The van der Waals surface area contributed by atoms with Crippen molar-refractivity contribution in [2.45, 2.75) is 33.0 Å². The van der Waals surface area contributed by atoms with Crippen molar-refractivity contribution in [2.75, 3.05) is 20.7 Å². The van der Waals surface area contributed by atoms with Crippen LogP contribution in [0.2, 0.25) is 0 Å². The lowest BCUT2D eigenvalue weighted by atomic mass is 10.1. The molecule has 2 aromatic rings. The van der Waals surface area contributed by atoms with Crippen LogP contribution in [0.15, 0.2) is 48.5 Å². The molecule has 140 valence electrons. The summed E-state index contributed by atoms with van der Waals surface area (Å²) in [6.07, 6.45) is 0. The van der Waals surface area contributed by atoms with Gasteiger partial charge < -0.3 is 19.7 Å². The minimum Gasteiger partial charge on any atom is -0.493 e. The summed E-state index contributed by atoms with van der Waals surface area (Å²) < 4.78 is 11.4. The minimum atomic E-state index is -0.116. The third-order valence-electron chi connectivity index (χ3n) is 4.43. The third kappa shape index (κ3) is 5.49. The molecule has 0 bridgehead atoms. The van der Waals surface area contributed by atoms with Gasteiger partial charge in [0.15, 0.2) is 17.5 Å². The van der Waals surface area contributed by atoms with E-state index in [-0.39, 0.29) is 11.9 Å². The Morgan fingerprint density at radius 1 is 1.12 bits per heavy atom. The number of hydrogen-bond acceptors (Lipinski definition) is 3. The summed E-state index contributed by atoms with van der Waals surface area (Å²) in [6.45, 7) is 5.75. The third-order valence-corrected chi connectivity index (χ3v) is 4.43. The van der Waals surface area contributed by atoms with E-state index in [1.54, 1.807) is 7.11 Å². The Bertz CT molecular complexity index is 704. The lowest BCUT2D eigenvalue weighted by molar-refractivity contribution is -0.908. The lowest BCUT2D eigenvalue weighted by Crippen LogP contribution is -3.12. The molecule has 0 aromatic heterocycles. The smallest absolute Gasteiger partial charge is 0.278 e. The van der Waals surface area contributed by atoms with Crippen molar-refractivity contribution in [3.63, 3.8) is 0 Å². The van der Waals surface area contributed by atoms with E-state index in [2.05, 4.69) is 5.32 Å². The molecule has 0 aliphatic carbocycles. The fourth-order valence-electron chi connectivity index (χ4n) is 2.70. The zero-order valence-corrected chi connectivity index (χ0v) is 16.0. The van der Waals surface area contributed by atoms with E-state index in [9.17, 15) is 4.79 Å². The second-order valence-corrected chi connectivity index (χ2v) is 6.40. The number of carbonyl (C=O) groups excluding carboxylic acids is 1. The number of benzene rings is 2. The fourth-order valence-corrected chi connectivity index (χ4v) is 2.70. The van der Waals surface area contributed by atoms with Gasteiger partial charge in [0.25, 0.3) is 5.91 Å². The second kappa shape index (κ2) is 9.82. The number of hydrogen-bond donors (Lipinski definition) is 2. The number of methoxy groups -OCH3 is 1. The van der Waals surface area contributed by atoms with Gasteiger partial charge in [-0.1, -0.05) is 30.3 Å². The van der Waals surface area contributed by atoms with E-state index in [0.29, 0.717) is 18.9 Å². The molecule has 1 amide bonds. The maximum Gasteiger partial charge on any atom is 0.278 e. The summed E-state index contributed by atoms with van der Waals surface area (Å²) in [6, 6.07) is 15.9. The van der Waals surface area contributed by atoms with Crippen LogP contribution >= 0.6 is 0 Å². The van der Waals surface area contributed by atoms with Crippen molar-refractivity contribution in [1.29, 1.82) is 0 Å². The molecule has 0 fully saturated rings. The second-order valence-electron chi connectivity index (χ2n) is 6.40. The molecule has 0 aliphatic rings. The van der Waals surface area contributed by atoms with E-state index >= 15 is 0 Å². The van der Waals surface area contributed by atoms with Gasteiger partial charge in [-0.05, 0) is 37.6 Å². The van der Waals surface area contributed by atoms with Crippen LogP contribution in [-0.2, 0) is 17.9 Å². The number of ether oxygens (including phenoxy) is 2. The highest BCUT2D eigenvalue weighted by Crippen LogP contribution is 2.28. The molecule has 1 unspecified atom stereocenters. The Hall–Kier alpha value is -2.53. The van der Waals surface area contributed by atoms with Gasteiger partial charge in [0.05, 0.1) is 14.2 Å². The van der Waals surface area contributed by atoms with Crippen LogP contribution < -0.4 is 19.7 Å². The van der Waals surface area contributed by atoms with Crippen molar-refractivity contribution in [1.82, 2.24) is 5.32 Å². The predicted octanol–water partition coefficient (Wildman–Crippen LogP) is 1.81. The normalized spacial score (nSPS) is 12.9. The van der Waals surface area contributed by atoms with Crippen LogP contribution in [0.25, 0.3) is 0 Å². The van der Waals surface area contributed by atoms with E-state index in [4.69, 9.17) is 9.47 Å². The van der Waals surface area contributed by atoms with Crippen LogP contribution in [0.1, 0.15) is 25.0 Å². The molecule has 0 aliphatic heterocycles. The quantitative estimate of drug-likeness (QED) is 0.720. The van der Waals surface area contributed by atoms with Crippen molar-refractivity contribution < 1.29 is 19.2 Å². The summed E-state index contributed by atoms with van der Waals surface area (Å²) in [5.74, 6) is 1.49. The highest BCUT2D eigenvalue weighted by molar-refractivity contribution is 5.79. The Kier molecular flexibility index (Phi) is 7.48. The van der Waals surface area contributed by atoms with Crippen molar-refractivity contribution in [2.24, 2.45) is 0 Å². The van der Waals surface area contributed by atoms with Gasteiger partial charge in [-0.2, -0.15) is 0 Å². The van der Waals surface area contributed by atoms with Gasteiger partial charge in [0, 0.05) is 12.1 Å². The van der Waals surface area contributed by atoms with Crippen LogP contribution in [0, 0.1) is 0 Å². The minimum absolute atomic E-state index is 0.0692. The van der Waals surface area contributed by atoms with Gasteiger partial charge in [0.2, 0.25) is 0 Å². The molecular weight excluding hydrogens is 328 g/mol. The molecule has 0 radical (unpaired) electrons. The molecular formula is C21H29N2O3+. The molecule has 2 rings (SSSR count). The summed E-state index contributed by atoms with van der Waals surface area (Å²) in [4.78, 5) is 13.1. The largest absolute Gasteiger partial charge is 0.493 e. The average Bonchev–Trinajstić information content (AvgIpc) is 2.67. The first-order valence-corrected chi connectivity index (χ1v) is 8.98. The monoisotopic (exact) mass is 357 g/mol. The van der Waals surface area contributed by atoms with E-state index in [0.717, 1.165) is 28.3 Å². The number of carbonyl (C=O) groups is 1. The van der Waals surface area contributed by atoms with Crippen molar-refractivity contribution in [3.8, 4) is 11.5 Å². The molecule has 0 saturated carbocycles. The maximum absolute atomic E-state index is 12.0. The molecule has 5 heteroatoms. The van der Waals surface area contributed by atoms with Crippen molar-refractivity contribution in [3.05, 3.63) is 59.7 Å². The molecule has 5 nitrogen and oxygen atoms in total. The highest BCUT2D eigenvalue weighted by atomic mass is 16.5. The Labute approximate surface area is 155 Å². The predicted molar refractivity (Wildman–Crippen MR) is 103 cm³/mol. The van der Waals surface area contributed by atoms with Gasteiger partial charge in [-0.25, -0.2) is 0 Å². The summed E-state index contributed by atoms with van der Waals surface area (Å²) >= 11 is 0. The highest BCUT2D eigenvalue weighted by Gasteiger charge is 2.21. The first-order valence-electron chi connectivity index (χ1n) is 8.98. The van der Waals surface area contributed by atoms with Gasteiger partial charge in [-0.15, -0.1) is 0 Å². The van der Waals surface area contributed by atoms with Crippen LogP contribution in [0.3, 0.4) is 0 Å². The van der Waals surface area contributed by atoms with Gasteiger partial charge in [-0.3, -0.25) is 4.79 Å². The SMILES string of the molecule is CCNC(=O)[C@H](C)[NH+](C)Cc1ccc(OCc2ccccc2)c(OC)c1. The summed E-state index contributed by atoms with van der Waals surface area (Å²) in [5, 5.41) is 2.87. The average molecular weight is 357 g/mol. The zero-order chi connectivity index (χ0) is 18.9. The molecule has 0 spiro atoms. The number of amides is 1. The number of nitrogens with one attached hydrogen (secondary N) is 2. The van der Waals surface area contributed by atoms with E-state index in [1.807, 2.05) is 69.4 Å². The first-order chi connectivity index (χ1) is 12.5. The summed E-state index contributed by atoms with van der Waals surface area (Å²) in [7, 11) is 3.66. The zero-order valence-electron chi connectivity index (χ0n) is 16.0. The van der Waals surface area contributed by atoms with Crippen LogP contribution in [0.5, 0.6) is 11.5 Å². The Morgan fingerprint density at radius 2 is 1.85 bits per heavy atom.